The fraction of sp³-hybridized carbons (Fsp3) is 0.222. The fourth-order valence-electron chi connectivity index (χ4n) is 2.46. The maximum Gasteiger partial charge on any atom is 0.338 e. The molecule has 0 aliphatic carbocycles. The first-order valence-electron chi connectivity index (χ1n) is 7.12. The van der Waals surface area contributed by atoms with Crippen LogP contribution in [0.4, 0.5) is 0 Å². The molecule has 24 heavy (non-hydrogen) atoms. The van der Waals surface area contributed by atoms with Gasteiger partial charge in [-0.2, -0.15) is 0 Å². The fourth-order valence-corrected chi connectivity index (χ4v) is 2.46. The lowest BCUT2D eigenvalue weighted by Crippen LogP contribution is -2.14. The zero-order valence-corrected chi connectivity index (χ0v) is 13.9. The molecule has 0 aromatic heterocycles. The molecule has 2 rings (SSSR count). The number of aryl methyl sites for hydroxylation is 1. The summed E-state index contributed by atoms with van der Waals surface area (Å²) in [5.41, 5.74) is 0.750. The molecule has 0 amide bonds. The van der Waals surface area contributed by atoms with E-state index in [2.05, 4.69) is 0 Å². The summed E-state index contributed by atoms with van der Waals surface area (Å²) < 4.78 is 15.2. The first-order valence-corrected chi connectivity index (χ1v) is 7.12. The van der Waals surface area contributed by atoms with Gasteiger partial charge in [-0.1, -0.05) is 6.07 Å². The molecule has 0 heterocycles. The molecule has 0 spiro atoms. The predicted octanol–water partition coefficient (Wildman–Crippen LogP) is 2.74. The van der Waals surface area contributed by atoms with Crippen LogP contribution in [-0.2, 0) is 4.74 Å². The van der Waals surface area contributed by atoms with Crippen molar-refractivity contribution in [2.24, 2.45) is 0 Å². The van der Waals surface area contributed by atoms with Gasteiger partial charge in [0.25, 0.3) is 0 Å². The van der Waals surface area contributed by atoms with Crippen molar-refractivity contribution in [3.05, 3.63) is 52.6 Å². The third-order valence-corrected chi connectivity index (χ3v) is 3.55. The third kappa shape index (κ3) is 3.03. The Balaban J connectivity index is 2.76. The molecular formula is C18H18O6. The van der Waals surface area contributed by atoms with Crippen molar-refractivity contribution in [1.29, 1.82) is 0 Å². The van der Waals surface area contributed by atoms with Gasteiger partial charge in [0, 0.05) is 0 Å². The summed E-state index contributed by atoms with van der Waals surface area (Å²) in [4.78, 5) is 25.2. The average Bonchev–Trinajstić information content (AvgIpc) is 2.59. The Labute approximate surface area is 139 Å². The number of benzene rings is 2. The van der Waals surface area contributed by atoms with E-state index in [0.717, 1.165) is 5.56 Å². The third-order valence-electron chi connectivity index (χ3n) is 3.55. The van der Waals surface area contributed by atoms with Crippen molar-refractivity contribution >= 4 is 11.8 Å². The van der Waals surface area contributed by atoms with Crippen LogP contribution in [-0.4, -0.2) is 38.2 Å². The van der Waals surface area contributed by atoms with E-state index in [4.69, 9.17) is 14.2 Å². The summed E-state index contributed by atoms with van der Waals surface area (Å²) in [5, 5.41) is 10.1. The molecule has 2 aromatic rings. The van der Waals surface area contributed by atoms with Crippen molar-refractivity contribution in [2.75, 3.05) is 21.3 Å². The number of carbonyl (C=O) groups excluding carboxylic acids is 2. The molecule has 0 saturated carbocycles. The molecule has 2 aromatic carbocycles. The number of hydrogen-bond acceptors (Lipinski definition) is 6. The Hall–Kier alpha value is -3.02. The van der Waals surface area contributed by atoms with Gasteiger partial charge in [0.1, 0.15) is 22.8 Å². The van der Waals surface area contributed by atoms with Crippen LogP contribution in [0.15, 0.2) is 30.3 Å². The van der Waals surface area contributed by atoms with E-state index in [1.807, 2.05) is 0 Å². The highest BCUT2D eigenvalue weighted by molar-refractivity contribution is 6.18. The maximum atomic E-state index is 13.1. The molecule has 0 radical (unpaired) electrons. The Morgan fingerprint density at radius 1 is 0.958 bits per heavy atom. The van der Waals surface area contributed by atoms with Crippen LogP contribution < -0.4 is 9.47 Å². The molecule has 1 N–H and O–H groups in total. The molecule has 6 heteroatoms. The summed E-state index contributed by atoms with van der Waals surface area (Å²) in [6.07, 6.45) is 0. The number of esters is 1. The normalized spacial score (nSPS) is 10.2. The van der Waals surface area contributed by atoms with Gasteiger partial charge in [0.2, 0.25) is 5.78 Å². The van der Waals surface area contributed by atoms with E-state index < -0.39 is 11.8 Å². The summed E-state index contributed by atoms with van der Waals surface area (Å²) in [6.45, 7) is 1.77. The highest BCUT2D eigenvalue weighted by Crippen LogP contribution is 2.34. The SMILES string of the molecule is COC(=O)c1cc(C)cc(OC)c1C(=O)c1c(O)cccc1OC. The van der Waals surface area contributed by atoms with Crippen LogP contribution in [0.25, 0.3) is 0 Å². The van der Waals surface area contributed by atoms with Crippen LogP contribution >= 0.6 is 0 Å². The molecular weight excluding hydrogens is 312 g/mol. The Morgan fingerprint density at radius 3 is 2.21 bits per heavy atom. The van der Waals surface area contributed by atoms with E-state index in [1.165, 1.54) is 33.5 Å². The van der Waals surface area contributed by atoms with Crippen LogP contribution in [0.1, 0.15) is 31.8 Å². The first kappa shape index (κ1) is 17.3. The molecule has 126 valence electrons. The second-order valence-electron chi connectivity index (χ2n) is 5.06. The van der Waals surface area contributed by atoms with Gasteiger partial charge in [-0.05, 0) is 36.8 Å². The topological polar surface area (TPSA) is 82.1 Å². The lowest BCUT2D eigenvalue weighted by molar-refractivity contribution is 0.0596. The Bertz CT molecular complexity index is 794. The van der Waals surface area contributed by atoms with Crippen molar-refractivity contribution in [2.45, 2.75) is 6.92 Å². The predicted molar refractivity (Wildman–Crippen MR) is 87.2 cm³/mol. The first-order chi connectivity index (χ1) is 11.4. The molecule has 0 saturated heterocycles. The number of carbonyl (C=O) groups is 2. The van der Waals surface area contributed by atoms with Gasteiger partial charge in [-0.15, -0.1) is 0 Å². The van der Waals surface area contributed by atoms with Crippen molar-refractivity contribution in [3.8, 4) is 17.2 Å². The number of methoxy groups -OCH3 is 3. The van der Waals surface area contributed by atoms with E-state index in [0.29, 0.717) is 0 Å². The van der Waals surface area contributed by atoms with E-state index in [9.17, 15) is 14.7 Å². The number of ether oxygens (including phenoxy) is 3. The minimum absolute atomic E-state index is 0.00903. The largest absolute Gasteiger partial charge is 0.507 e. The number of hydrogen-bond donors (Lipinski definition) is 1. The van der Waals surface area contributed by atoms with E-state index in [1.54, 1.807) is 25.1 Å². The molecule has 0 atom stereocenters. The monoisotopic (exact) mass is 330 g/mol. The second-order valence-corrected chi connectivity index (χ2v) is 5.06. The smallest absolute Gasteiger partial charge is 0.338 e. The summed E-state index contributed by atoms with van der Waals surface area (Å²) >= 11 is 0. The number of aromatic hydroxyl groups is 1. The molecule has 0 fully saturated rings. The van der Waals surface area contributed by atoms with E-state index >= 15 is 0 Å². The van der Waals surface area contributed by atoms with Crippen LogP contribution in [0.2, 0.25) is 0 Å². The van der Waals surface area contributed by atoms with Gasteiger partial charge < -0.3 is 19.3 Å². The Kier molecular flexibility index (Phi) is 5.08. The molecule has 0 aliphatic rings. The second kappa shape index (κ2) is 7.04. The van der Waals surface area contributed by atoms with Crippen LogP contribution in [0.5, 0.6) is 17.2 Å². The Morgan fingerprint density at radius 2 is 1.62 bits per heavy atom. The molecule has 0 aliphatic heterocycles. The van der Waals surface area contributed by atoms with E-state index in [-0.39, 0.29) is 33.9 Å². The lowest BCUT2D eigenvalue weighted by Gasteiger charge is -2.15. The highest BCUT2D eigenvalue weighted by Gasteiger charge is 2.28. The van der Waals surface area contributed by atoms with Gasteiger partial charge in [-0.25, -0.2) is 4.79 Å². The highest BCUT2D eigenvalue weighted by atomic mass is 16.5. The lowest BCUT2D eigenvalue weighted by atomic mass is 9.94. The minimum Gasteiger partial charge on any atom is -0.507 e. The van der Waals surface area contributed by atoms with Crippen molar-refractivity contribution in [3.63, 3.8) is 0 Å². The average molecular weight is 330 g/mol. The van der Waals surface area contributed by atoms with Crippen molar-refractivity contribution < 1.29 is 28.9 Å². The molecule has 0 bridgehead atoms. The van der Waals surface area contributed by atoms with Crippen LogP contribution in [0, 0.1) is 6.92 Å². The zero-order chi connectivity index (χ0) is 17.9. The van der Waals surface area contributed by atoms with Gasteiger partial charge in [0.05, 0.1) is 32.5 Å². The van der Waals surface area contributed by atoms with Crippen molar-refractivity contribution in [1.82, 2.24) is 0 Å². The summed E-state index contributed by atoms with van der Waals surface area (Å²) in [7, 11) is 4.01. The minimum atomic E-state index is -0.672. The molecule has 0 unspecified atom stereocenters. The standard InChI is InChI=1S/C18H18O6/c1-10-8-11(18(21)24-4)15(14(9-10)23-3)17(20)16-12(19)6-5-7-13(16)22-2/h5-9,19H,1-4H3. The van der Waals surface area contributed by atoms with Crippen LogP contribution in [0.3, 0.4) is 0 Å². The summed E-state index contributed by atoms with van der Waals surface area (Å²) in [5.74, 6) is -1.11. The number of phenols is 1. The van der Waals surface area contributed by atoms with Gasteiger partial charge in [0.15, 0.2) is 0 Å². The number of phenolic OH excluding ortho intramolecular Hbond substituents is 1. The van der Waals surface area contributed by atoms with Gasteiger partial charge in [-0.3, -0.25) is 4.79 Å². The van der Waals surface area contributed by atoms with Gasteiger partial charge >= 0.3 is 5.97 Å². The number of rotatable bonds is 5. The number of ketones is 1. The zero-order valence-electron chi connectivity index (χ0n) is 13.9. The molecule has 6 nitrogen and oxygen atoms in total. The quantitative estimate of drug-likeness (QED) is 0.670. The maximum absolute atomic E-state index is 13.1. The summed E-state index contributed by atoms with van der Waals surface area (Å²) in [6, 6.07) is 7.64.